The Hall–Kier alpha value is -3.47. The second kappa shape index (κ2) is 13.2. The third-order valence-corrected chi connectivity index (χ3v) is 4.84. The quantitative estimate of drug-likeness (QED) is 0.228. The lowest BCUT2D eigenvalue weighted by Crippen LogP contribution is -2.58. The largest absolute Gasteiger partial charge is 0.481 e. The number of rotatable bonds is 13. The molecule has 7 N–H and O–H groups in total. The van der Waals surface area contributed by atoms with Gasteiger partial charge in [-0.3, -0.25) is 19.2 Å². The Morgan fingerprint density at radius 3 is 1.91 bits per heavy atom. The first kappa shape index (κ1) is 27.6. The van der Waals surface area contributed by atoms with E-state index in [2.05, 4.69) is 16.0 Å². The number of aliphatic carboxylic acids is 2. The molecular formula is C22H32N4O7. The van der Waals surface area contributed by atoms with Gasteiger partial charge < -0.3 is 31.9 Å². The molecule has 0 aliphatic carbocycles. The maximum atomic E-state index is 13.0. The molecule has 11 nitrogen and oxygen atoms in total. The third-order valence-electron chi connectivity index (χ3n) is 4.84. The smallest absolute Gasteiger partial charge is 0.326 e. The van der Waals surface area contributed by atoms with E-state index in [9.17, 15) is 29.1 Å². The number of carbonyl (C=O) groups is 5. The fourth-order valence-electron chi connectivity index (χ4n) is 2.94. The van der Waals surface area contributed by atoms with Crippen LogP contribution in [0.15, 0.2) is 30.3 Å². The minimum Gasteiger partial charge on any atom is -0.481 e. The van der Waals surface area contributed by atoms with Crippen molar-refractivity contribution in [1.29, 1.82) is 0 Å². The monoisotopic (exact) mass is 464 g/mol. The van der Waals surface area contributed by atoms with E-state index in [0.29, 0.717) is 0 Å². The van der Waals surface area contributed by atoms with Crippen LogP contribution in [-0.2, 0) is 30.4 Å². The van der Waals surface area contributed by atoms with Crippen LogP contribution < -0.4 is 21.7 Å². The van der Waals surface area contributed by atoms with Gasteiger partial charge in [0.1, 0.15) is 18.1 Å². The van der Waals surface area contributed by atoms with Crippen molar-refractivity contribution >= 4 is 29.7 Å². The summed E-state index contributed by atoms with van der Waals surface area (Å²) in [5.41, 5.74) is 6.37. The Morgan fingerprint density at radius 1 is 0.848 bits per heavy atom. The van der Waals surface area contributed by atoms with Gasteiger partial charge in [0.15, 0.2) is 0 Å². The van der Waals surface area contributed by atoms with Gasteiger partial charge in [-0.2, -0.15) is 0 Å². The van der Waals surface area contributed by atoms with Gasteiger partial charge in [-0.1, -0.05) is 44.2 Å². The molecule has 11 heteroatoms. The number of amides is 3. The van der Waals surface area contributed by atoms with Crippen molar-refractivity contribution in [1.82, 2.24) is 16.0 Å². The zero-order valence-electron chi connectivity index (χ0n) is 18.9. The highest BCUT2D eigenvalue weighted by Crippen LogP contribution is 2.08. The summed E-state index contributed by atoms with van der Waals surface area (Å²) in [7, 11) is 0. The number of benzene rings is 1. The van der Waals surface area contributed by atoms with Crippen molar-refractivity contribution in [3.05, 3.63) is 35.9 Å². The zero-order chi connectivity index (χ0) is 25.1. The number of nitrogens with one attached hydrogen (secondary N) is 3. The maximum Gasteiger partial charge on any atom is 0.326 e. The van der Waals surface area contributed by atoms with Crippen LogP contribution in [0.1, 0.15) is 39.2 Å². The molecule has 0 aromatic heterocycles. The van der Waals surface area contributed by atoms with E-state index < -0.39 is 66.2 Å². The molecule has 0 fully saturated rings. The average Bonchev–Trinajstić information content (AvgIpc) is 2.74. The van der Waals surface area contributed by atoms with Crippen molar-refractivity contribution in [2.75, 3.05) is 0 Å². The van der Waals surface area contributed by atoms with Crippen LogP contribution in [0.5, 0.6) is 0 Å². The SMILES string of the molecule is CC(N)C(=O)NC(Cc1ccccc1)C(=O)NC(C(=O)NC(CCC(=O)O)C(=O)O)C(C)C. The lowest BCUT2D eigenvalue weighted by Gasteiger charge is -2.27. The maximum absolute atomic E-state index is 13.0. The van der Waals surface area contributed by atoms with Crippen LogP contribution in [0.25, 0.3) is 0 Å². The van der Waals surface area contributed by atoms with Crippen molar-refractivity contribution in [3.8, 4) is 0 Å². The number of nitrogens with two attached hydrogens (primary N) is 1. The van der Waals surface area contributed by atoms with E-state index in [-0.39, 0.29) is 12.8 Å². The predicted molar refractivity (Wildman–Crippen MR) is 119 cm³/mol. The van der Waals surface area contributed by atoms with Gasteiger partial charge in [-0.25, -0.2) is 4.79 Å². The molecule has 33 heavy (non-hydrogen) atoms. The van der Waals surface area contributed by atoms with E-state index in [1.54, 1.807) is 38.1 Å². The number of carboxylic acid groups (broad SMARTS) is 2. The van der Waals surface area contributed by atoms with Crippen LogP contribution in [-0.4, -0.2) is 64.0 Å². The Bertz CT molecular complexity index is 842. The second-order valence-corrected chi connectivity index (χ2v) is 8.10. The van der Waals surface area contributed by atoms with E-state index in [1.807, 2.05) is 6.07 Å². The zero-order valence-corrected chi connectivity index (χ0v) is 18.9. The van der Waals surface area contributed by atoms with Crippen molar-refractivity contribution in [2.24, 2.45) is 11.7 Å². The molecule has 0 aliphatic heterocycles. The molecule has 1 aromatic rings. The molecular weight excluding hydrogens is 432 g/mol. The minimum atomic E-state index is -1.43. The van der Waals surface area contributed by atoms with E-state index in [1.165, 1.54) is 6.92 Å². The first-order valence-electron chi connectivity index (χ1n) is 10.6. The van der Waals surface area contributed by atoms with Gasteiger partial charge in [0.2, 0.25) is 17.7 Å². The number of hydrogen-bond acceptors (Lipinski definition) is 6. The standard InChI is InChI=1S/C22H32N4O7/c1-12(2)18(21(31)24-15(22(32)33)9-10-17(27)28)26-20(30)16(25-19(29)13(3)23)11-14-7-5-4-6-8-14/h4-8,12-13,15-16,18H,9-11,23H2,1-3H3,(H,24,31)(H,25,29)(H,26,30)(H,27,28)(H,32,33). The van der Waals surface area contributed by atoms with E-state index in [4.69, 9.17) is 10.8 Å². The number of carboxylic acids is 2. The summed E-state index contributed by atoms with van der Waals surface area (Å²) in [5.74, 6) is -4.96. The number of carbonyl (C=O) groups excluding carboxylic acids is 3. The molecule has 0 bridgehead atoms. The normalized spacial score (nSPS) is 14.5. The highest BCUT2D eigenvalue weighted by molar-refractivity contribution is 5.94. The fourth-order valence-corrected chi connectivity index (χ4v) is 2.94. The Morgan fingerprint density at radius 2 is 1.42 bits per heavy atom. The average molecular weight is 465 g/mol. The molecule has 0 radical (unpaired) electrons. The summed E-state index contributed by atoms with van der Waals surface area (Å²) < 4.78 is 0. The second-order valence-electron chi connectivity index (χ2n) is 8.10. The van der Waals surface area contributed by atoms with Crippen LogP contribution >= 0.6 is 0 Å². The van der Waals surface area contributed by atoms with Crippen LogP contribution in [0.4, 0.5) is 0 Å². The first-order chi connectivity index (χ1) is 15.4. The van der Waals surface area contributed by atoms with Gasteiger partial charge in [-0.15, -0.1) is 0 Å². The number of hydrogen-bond donors (Lipinski definition) is 6. The Labute approximate surface area is 192 Å². The van der Waals surface area contributed by atoms with Crippen LogP contribution in [0.2, 0.25) is 0 Å². The van der Waals surface area contributed by atoms with Gasteiger partial charge in [0.05, 0.1) is 6.04 Å². The lowest BCUT2D eigenvalue weighted by molar-refractivity contribution is -0.143. The molecule has 1 rings (SSSR count). The molecule has 0 saturated carbocycles. The molecule has 182 valence electrons. The van der Waals surface area contributed by atoms with Crippen molar-refractivity contribution in [2.45, 2.75) is 64.2 Å². The lowest BCUT2D eigenvalue weighted by atomic mass is 10.00. The molecule has 1 aromatic carbocycles. The van der Waals surface area contributed by atoms with Gasteiger partial charge in [-0.05, 0) is 24.8 Å². The summed E-state index contributed by atoms with van der Waals surface area (Å²) in [6, 6.07) is 4.51. The van der Waals surface area contributed by atoms with Gasteiger partial charge >= 0.3 is 11.9 Å². The molecule has 0 aliphatic rings. The van der Waals surface area contributed by atoms with E-state index in [0.717, 1.165) is 5.56 Å². The van der Waals surface area contributed by atoms with Crippen LogP contribution in [0, 0.1) is 5.92 Å². The first-order valence-corrected chi connectivity index (χ1v) is 10.6. The third kappa shape index (κ3) is 9.69. The molecule has 4 unspecified atom stereocenters. The van der Waals surface area contributed by atoms with Gasteiger partial charge in [0.25, 0.3) is 0 Å². The summed E-state index contributed by atoms with van der Waals surface area (Å²) >= 11 is 0. The summed E-state index contributed by atoms with van der Waals surface area (Å²) in [4.78, 5) is 60.1. The molecule has 0 heterocycles. The Balaban J connectivity index is 3.00. The van der Waals surface area contributed by atoms with Gasteiger partial charge in [0, 0.05) is 12.8 Å². The highest BCUT2D eigenvalue weighted by Gasteiger charge is 2.31. The fraction of sp³-hybridized carbons (Fsp3) is 0.500. The summed E-state index contributed by atoms with van der Waals surface area (Å²) in [6.45, 7) is 4.79. The summed E-state index contributed by atoms with van der Waals surface area (Å²) in [5, 5.41) is 25.5. The van der Waals surface area contributed by atoms with Crippen molar-refractivity contribution in [3.63, 3.8) is 0 Å². The molecule has 0 spiro atoms. The van der Waals surface area contributed by atoms with Crippen LogP contribution in [0.3, 0.4) is 0 Å². The summed E-state index contributed by atoms with van der Waals surface area (Å²) in [6.07, 6.45) is -0.609. The van der Waals surface area contributed by atoms with Crippen molar-refractivity contribution < 1.29 is 34.2 Å². The molecule has 4 atom stereocenters. The molecule has 0 saturated heterocycles. The minimum absolute atomic E-state index is 0.147. The van der Waals surface area contributed by atoms with E-state index >= 15 is 0 Å². The highest BCUT2D eigenvalue weighted by atomic mass is 16.4. The topological polar surface area (TPSA) is 188 Å². The Kier molecular flexibility index (Phi) is 11.0. The molecule has 3 amide bonds. The predicted octanol–water partition coefficient (Wildman–Crippen LogP) is -0.364.